The third kappa shape index (κ3) is 4.08. The van der Waals surface area contributed by atoms with Gasteiger partial charge in [0.25, 0.3) is 0 Å². The molecule has 22 heavy (non-hydrogen) atoms. The Balaban J connectivity index is 2.20. The molecule has 1 aromatic heterocycles. The van der Waals surface area contributed by atoms with Gasteiger partial charge in [0.05, 0.1) is 12.8 Å². The monoisotopic (exact) mass is 298 g/mol. The van der Waals surface area contributed by atoms with Gasteiger partial charge < -0.3 is 10.1 Å². The number of pyridine rings is 1. The number of rotatable bonds is 7. The van der Waals surface area contributed by atoms with Gasteiger partial charge in [-0.1, -0.05) is 31.0 Å². The molecular formula is C19H26N2O. The van der Waals surface area contributed by atoms with Crippen molar-refractivity contribution >= 4 is 0 Å². The van der Waals surface area contributed by atoms with Gasteiger partial charge in [0.2, 0.25) is 0 Å². The van der Waals surface area contributed by atoms with Crippen LogP contribution in [0.4, 0.5) is 0 Å². The third-order valence-corrected chi connectivity index (χ3v) is 3.85. The highest BCUT2D eigenvalue weighted by Crippen LogP contribution is 2.30. The van der Waals surface area contributed by atoms with E-state index in [2.05, 4.69) is 50.4 Å². The van der Waals surface area contributed by atoms with E-state index in [0.29, 0.717) is 0 Å². The first-order valence-electron chi connectivity index (χ1n) is 7.98. The van der Waals surface area contributed by atoms with Crippen LogP contribution in [0.5, 0.6) is 5.75 Å². The molecule has 0 aliphatic rings. The zero-order valence-corrected chi connectivity index (χ0v) is 14.1. The number of ether oxygens (including phenoxy) is 1. The minimum Gasteiger partial charge on any atom is -0.496 e. The van der Waals surface area contributed by atoms with Crippen molar-refractivity contribution in [3.63, 3.8) is 0 Å². The van der Waals surface area contributed by atoms with E-state index in [-0.39, 0.29) is 0 Å². The molecule has 0 atom stereocenters. The summed E-state index contributed by atoms with van der Waals surface area (Å²) >= 11 is 0. The van der Waals surface area contributed by atoms with Crippen molar-refractivity contribution in [2.45, 2.75) is 40.2 Å². The number of hydrogen-bond acceptors (Lipinski definition) is 3. The van der Waals surface area contributed by atoms with Gasteiger partial charge in [0.1, 0.15) is 5.75 Å². The smallest absolute Gasteiger partial charge is 0.128 e. The second kappa shape index (κ2) is 7.95. The predicted octanol–water partition coefficient (Wildman–Crippen LogP) is 4.26. The Labute approximate surface area is 133 Å². The first kappa shape index (κ1) is 16.5. The summed E-state index contributed by atoms with van der Waals surface area (Å²) in [7, 11) is 1.70. The summed E-state index contributed by atoms with van der Waals surface area (Å²) in [5.74, 6) is 0.867. The average Bonchev–Trinajstić information content (AvgIpc) is 2.52. The maximum absolute atomic E-state index is 5.46. The predicted molar refractivity (Wildman–Crippen MR) is 92.3 cm³/mol. The molecule has 1 N–H and O–H groups in total. The Morgan fingerprint density at radius 2 is 1.95 bits per heavy atom. The Morgan fingerprint density at radius 3 is 2.64 bits per heavy atom. The number of unbranched alkanes of at least 4 members (excludes halogenated alkanes) is 1. The first-order valence-corrected chi connectivity index (χ1v) is 7.98. The first-order chi connectivity index (χ1) is 10.7. The fourth-order valence-electron chi connectivity index (χ4n) is 2.47. The number of nitrogens with zero attached hydrogens (tertiary/aromatic N) is 1. The van der Waals surface area contributed by atoms with Gasteiger partial charge in [-0.15, -0.1) is 0 Å². The van der Waals surface area contributed by atoms with Crippen LogP contribution in [0.15, 0.2) is 30.3 Å². The summed E-state index contributed by atoms with van der Waals surface area (Å²) in [6.45, 7) is 8.30. The van der Waals surface area contributed by atoms with Gasteiger partial charge in [-0.3, -0.25) is 4.98 Å². The highest BCUT2D eigenvalue weighted by molar-refractivity contribution is 5.68. The highest BCUT2D eigenvalue weighted by atomic mass is 16.5. The van der Waals surface area contributed by atoms with Crippen molar-refractivity contribution in [2.24, 2.45) is 0 Å². The fraction of sp³-hybridized carbons (Fsp3) is 0.421. The van der Waals surface area contributed by atoms with Crippen LogP contribution in [0, 0.1) is 13.8 Å². The molecule has 0 saturated carbocycles. The van der Waals surface area contributed by atoms with Gasteiger partial charge in [-0.05, 0) is 50.6 Å². The Hall–Kier alpha value is -1.87. The summed E-state index contributed by atoms with van der Waals surface area (Å²) < 4.78 is 5.46. The molecule has 0 fully saturated rings. The number of aromatic nitrogens is 1. The van der Waals surface area contributed by atoms with Crippen LogP contribution in [0.3, 0.4) is 0 Å². The molecule has 118 valence electrons. The summed E-state index contributed by atoms with van der Waals surface area (Å²) in [5, 5.41) is 3.47. The molecule has 0 unspecified atom stereocenters. The molecule has 0 saturated heterocycles. The molecule has 0 radical (unpaired) electrons. The van der Waals surface area contributed by atoms with Crippen LogP contribution in [-0.2, 0) is 6.54 Å². The topological polar surface area (TPSA) is 34.1 Å². The van der Waals surface area contributed by atoms with Gasteiger partial charge in [0, 0.05) is 17.8 Å². The van der Waals surface area contributed by atoms with E-state index in [1.165, 1.54) is 24.0 Å². The molecule has 3 nitrogen and oxygen atoms in total. The third-order valence-electron chi connectivity index (χ3n) is 3.85. The molecule has 0 amide bonds. The number of nitrogens with one attached hydrogen (secondary N) is 1. The quantitative estimate of drug-likeness (QED) is 0.775. The van der Waals surface area contributed by atoms with Crippen molar-refractivity contribution in [3.05, 3.63) is 47.2 Å². The lowest BCUT2D eigenvalue weighted by Gasteiger charge is -2.12. The zero-order chi connectivity index (χ0) is 15.9. The largest absolute Gasteiger partial charge is 0.496 e. The second-order valence-corrected chi connectivity index (χ2v) is 5.68. The van der Waals surface area contributed by atoms with Crippen molar-refractivity contribution in [1.82, 2.24) is 10.3 Å². The van der Waals surface area contributed by atoms with Crippen LogP contribution >= 0.6 is 0 Å². The van der Waals surface area contributed by atoms with Crippen molar-refractivity contribution in [1.29, 1.82) is 0 Å². The summed E-state index contributed by atoms with van der Waals surface area (Å²) in [6.07, 6.45) is 2.43. The van der Waals surface area contributed by atoms with Gasteiger partial charge in [-0.2, -0.15) is 0 Å². The van der Waals surface area contributed by atoms with Crippen molar-refractivity contribution in [2.75, 3.05) is 13.7 Å². The SMILES string of the molecule is CCCCNCc1ccc(-c2cc(C)ccc2OC)nc1C. The minimum absolute atomic E-state index is 0.867. The van der Waals surface area contributed by atoms with Crippen molar-refractivity contribution < 1.29 is 4.74 Å². The molecule has 3 heteroatoms. The van der Waals surface area contributed by atoms with E-state index in [0.717, 1.165) is 35.8 Å². The lowest BCUT2D eigenvalue weighted by atomic mass is 10.0. The Kier molecular flexibility index (Phi) is 5.96. The number of hydrogen-bond donors (Lipinski definition) is 1. The molecule has 1 heterocycles. The van der Waals surface area contributed by atoms with E-state index in [4.69, 9.17) is 9.72 Å². The Morgan fingerprint density at radius 1 is 1.14 bits per heavy atom. The molecule has 0 aliphatic heterocycles. The lowest BCUT2D eigenvalue weighted by molar-refractivity contribution is 0.416. The maximum Gasteiger partial charge on any atom is 0.128 e. The average molecular weight is 298 g/mol. The lowest BCUT2D eigenvalue weighted by Crippen LogP contribution is -2.15. The highest BCUT2D eigenvalue weighted by Gasteiger charge is 2.09. The second-order valence-electron chi connectivity index (χ2n) is 5.68. The van der Waals surface area contributed by atoms with E-state index in [1.54, 1.807) is 7.11 Å². The summed E-state index contributed by atoms with van der Waals surface area (Å²) in [4.78, 5) is 4.77. The maximum atomic E-state index is 5.46. The molecule has 1 aromatic carbocycles. The van der Waals surface area contributed by atoms with Crippen LogP contribution < -0.4 is 10.1 Å². The summed E-state index contributed by atoms with van der Waals surface area (Å²) in [5.41, 5.74) is 5.56. The molecule has 0 aliphatic carbocycles. The van der Waals surface area contributed by atoms with Crippen LogP contribution in [0.25, 0.3) is 11.3 Å². The molecule has 2 rings (SSSR count). The number of aryl methyl sites for hydroxylation is 2. The van der Waals surface area contributed by atoms with E-state index < -0.39 is 0 Å². The van der Waals surface area contributed by atoms with Crippen LogP contribution in [-0.4, -0.2) is 18.6 Å². The summed E-state index contributed by atoms with van der Waals surface area (Å²) in [6, 6.07) is 10.4. The number of benzene rings is 1. The molecular weight excluding hydrogens is 272 g/mol. The van der Waals surface area contributed by atoms with Crippen LogP contribution in [0.1, 0.15) is 36.6 Å². The van der Waals surface area contributed by atoms with E-state index in [1.807, 2.05) is 6.07 Å². The van der Waals surface area contributed by atoms with Gasteiger partial charge in [-0.25, -0.2) is 0 Å². The standard InChI is InChI=1S/C19H26N2O/c1-5-6-11-20-13-16-8-9-18(21-15(16)3)17-12-14(2)7-10-19(17)22-4/h7-10,12,20H,5-6,11,13H2,1-4H3. The van der Waals surface area contributed by atoms with Gasteiger partial charge >= 0.3 is 0 Å². The fourth-order valence-corrected chi connectivity index (χ4v) is 2.47. The molecule has 0 spiro atoms. The molecule has 0 bridgehead atoms. The minimum atomic E-state index is 0.867. The van der Waals surface area contributed by atoms with Crippen LogP contribution in [0.2, 0.25) is 0 Å². The van der Waals surface area contributed by atoms with Gasteiger partial charge in [0.15, 0.2) is 0 Å². The Bertz CT molecular complexity index is 623. The normalized spacial score (nSPS) is 10.7. The van der Waals surface area contributed by atoms with E-state index >= 15 is 0 Å². The molecule has 2 aromatic rings. The zero-order valence-electron chi connectivity index (χ0n) is 14.1. The van der Waals surface area contributed by atoms with Crippen molar-refractivity contribution in [3.8, 4) is 17.0 Å². The number of methoxy groups -OCH3 is 1. The van der Waals surface area contributed by atoms with E-state index in [9.17, 15) is 0 Å².